The van der Waals surface area contributed by atoms with Gasteiger partial charge in [-0.25, -0.2) is 9.67 Å². The monoisotopic (exact) mass is 402 g/mol. The van der Waals surface area contributed by atoms with Crippen molar-refractivity contribution in [3.63, 3.8) is 0 Å². The van der Waals surface area contributed by atoms with Gasteiger partial charge in [-0.3, -0.25) is 0 Å². The Kier molecular flexibility index (Phi) is 5.42. The Morgan fingerprint density at radius 3 is 2.80 bits per heavy atom. The minimum atomic E-state index is 0.614. The molecule has 0 bridgehead atoms. The van der Waals surface area contributed by atoms with Crippen LogP contribution in [0, 0.1) is 0 Å². The molecule has 0 unspecified atom stereocenters. The standard InChI is InChI=1S/C13H16Br2N4O/c1-3-4-19-13(17-8-18-19)7-16-11-6-12(20-2)10(15)5-9(11)14/h5-6,8,16H,3-4,7H2,1-2H3. The van der Waals surface area contributed by atoms with Gasteiger partial charge in [0.15, 0.2) is 0 Å². The quantitative estimate of drug-likeness (QED) is 0.796. The average molecular weight is 404 g/mol. The first-order valence-electron chi connectivity index (χ1n) is 6.29. The lowest BCUT2D eigenvalue weighted by atomic mass is 10.3. The summed E-state index contributed by atoms with van der Waals surface area (Å²) >= 11 is 6.99. The maximum atomic E-state index is 5.30. The minimum Gasteiger partial charge on any atom is -0.495 e. The van der Waals surface area contributed by atoms with Crippen molar-refractivity contribution in [1.82, 2.24) is 14.8 Å². The number of aromatic nitrogens is 3. The molecular weight excluding hydrogens is 388 g/mol. The largest absolute Gasteiger partial charge is 0.495 e. The number of hydrogen-bond donors (Lipinski definition) is 1. The van der Waals surface area contributed by atoms with Crippen LogP contribution in [0.5, 0.6) is 5.75 Å². The number of methoxy groups -OCH3 is 1. The third kappa shape index (κ3) is 3.52. The SMILES string of the molecule is CCCn1ncnc1CNc1cc(OC)c(Br)cc1Br. The summed E-state index contributed by atoms with van der Waals surface area (Å²) in [7, 11) is 1.65. The highest BCUT2D eigenvalue weighted by molar-refractivity contribution is 9.11. The number of benzene rings is 1. The van der Waals surface area contributed by atoms with E-state index in [-0.39, 0.29) is 0 Å². The number of rotatable bonds is 6. The van der Waals surface area contributed by atoms with Gasteiger partial charge in [0.25, 0.3) is 0 Å². The molecular formula is C13H16Br2N4O. The molecule has 1 heterocycles. The number of ether oxygens (including phenoxy) is 1. The van der Waals surface area contributed by atoms with Crippen LogP contribution < -0.4 is 10.1 Å². The Balaban J connectivity index is 2.12. The van der Waals surface area contributed by atoms with E-state index in [1.54, 1.807) is 13.4 Å². The van der Waals surface area contributed by atoms with Crippen molar-refractivity contribution in [2.24, 2.45) is 0 Å². The first-order chi connectivity index (χ1) is 9.65. The van der Waals surface area contributed by atoms with Gasteiger partial charge in [-0.1, -0.05) is 6.92 Å². The molecule has 108 valence electrons. The Hall–Kier alpha value is -1.08. The molecule has 0 aliphatic carbocycles. The van der Waals surface area contributed by atoms with Crippen LogP contribution in [0.15, 0.2) is 27.4 Å². The van der Waals surface area contributed by atoms with E-state index in [4.69, 9.17) is 4.74 Å². The molecule has 2 rings (SSSR count). The van der Waals surface area contributed by atoms with E-state index >= 15 is 0 Å². The lowest BCUT2D eigenvalue weighted by molar-refractivity contribution is 0.412. The first kappa shape index (κ1) is 15.3. The second-order valence-electron chi connectivity index (χ2n) is 4.22. The summed E-state index contributed by atoms with van der Waals surface area (Å²) in [4.78, 5) is 4.27. The van der Waals surface area contributed by atoms with Gasteiger partial charge in [0.1, 0.15) is 17.9 Å². The number of halogens is 2. The van der Waals surface area contributed by atoms with Gasteiger partial charge in [0.2, 0.25) is 0 Å². The highest BCUT2D eigenvalue weighted by Gasteiger charge is 2.09. The van der Waals surface area contributed by atoms with Gasteiger partial charge in [0.05, 0.1) is 23.8 Å². The molecule has 1 aromatic heterocycles. The second kappa shape index (κ2) is 7.08. The zero-order chi connectivity index (χ0) is 14.5. The molecule has 0 fully saturated rings. The van der Waals surface area contributed by atoms with E-state index in [0.717, 1.165) is 39.2 Å². The summed E-state index contributed by atoms with van der Waals surface area (Å²) < 4.78 is 9.09. The van der Waals surface area contributed by atoms with Gasteiger partial charge >= 0.3 is 0 Å². The van der Waals surface area contributed by atoms with Crippen molar-refractivity contribution in [1.29, 1.82) is 0 Å². The molecule has 0 aliphatic heterocycles. The molecule has 0 spiro atoms. The third-order valence-corrected chi connectivity index (χ3v) is 4.09. The van der Waals surface area contributed by atoms with Crippen LogP contribution in [0.4, 0.5) is 5.69 Å². The van der Waals surface area contributed by atoms with Gasteiger partial charge in [0, 0.05) is 17.1 Å². The van der Waals surface area contributed by atoms with Crippen molar-refractivity contribution in [2.75, 3.05) is 12.4 Å². The number of nitrogens with one attached hydrogen (secondary N) is 1. The maximum Gasteiger partial charge on any atom is 0.146 e. The molecule has 20 heavy (non-hydrogen) atoms. The fraction of sp³-hybridized carbons (Fsp3) is 0.385. The minimum absolute atomic E-state index is 0.614. The molecule has 0 radical (unpaired) electrons. The Morgan fingerprint density at radius 1 is 1.30 bits per heavy atom. The van der Waals surface area contributed by atoms with Gasteiger partial charge < -0.3 is 10.1 Å². The highest BCUT2D eigenvalue weighted by atomic mass is 79.9. The fourth-order valence-corrected chi connectivity index (χ4v) is 3.11. The summed E-state index contributed by atoms with van der Waals surface area (Å²) in [6.45, 7) is 3.61. The number of aryl methyl sites for hydroxylation is 1. The van der Waals surface area contributed by atoms with Crippen molar-refractivity contribution in [3.8, 4) is 5.75 Å². The summed E-state index contributed by atoms with van der Waals surface area (Å²) in [5.41, 5.74) is 0.955. The van der Waals surface area contributed by atoms with Crippen molar-refractivity contribution >= 4 is 37.5 Å². The average Bonchev–Trinajstić information content (AvgIpc) is 2.86. The van der Waals surface area contributed by atoms with Crippen LogP contribution in [-0.2, 0) is 13.1 Å². The predicted octanol–water partition coefficient (Wildman–Crippen LogP) is 3.83. The Morgan fingerprint density at radius 2 is 2.10 bits per heavy atom. The van der Waals surface area contributed by atoms with E-state index in [1.807, 2.05) is 16.8 Å². The summed E-state index contributed by atoms with van der Waals surface area (Å²) in [6.07, 6.45) is 2.62. The molecule has 0 saturated heterocycles. The van der Waals surface area contributed by atoms with E-state index in [2.05, 4.69) is 54.2 Å². The molecule has 0 saturated carbocycles. The van der Waals surface area contributed by atoms with Crippen molar-refractivity contribution < 1.29 is 4.74 Å². The summed E-state index contributed by atoms with van der Waals surface area (Å²) in [6, 6.07) is 3.90. The van der Waals surface area contributed by atoms with Crippen LogP contribution >= 0.6 is 31.9 Å². The molecule has 1 N–H and O–H groups in total. The summed E-state index contributed by atoms with van der Waals surface area (Å²) in [5, 5.41) is 7.56. The van der Waals surface area contributed by atoms with Gasteiger partial charge in [-0.15, -0.1) is 0 Å². The van der Waals surface area contributed by atoms with Crippen LogP contribution in [0.1, 0.15) is 19.2 Å². The van der Waals surface area contributed by atoms with E-state index in [0.29, 0.717) is 6.54 Å². The number of anilines is 1. The first-order valence-corrected chi connectivity index (χ1v) is 7.88. The van der Waals surface area contributed by atoms with Crippen molar-refractivity contribution in [3.05, 3.63) is 33.2 Å². The fourth-order valence-electron chi connectivity index (χ4n) is 1.82. The lowest BCUT2D eigenvalue weighted by Crippen LogP contribution is -2.10. The number of hydrogen-bond acceptors (Lipinski definition) is 4. The molecule has 2 aromatic rings. The van der Waals surface area contributed by atoms with Crippen LogP contribution in [0.3, 0.4) is 0 Å². The molecule has 0 amide bonds. The highest BCUT2D eigenvalue weighted by Crippen LogP contribution is 2.34. The van der Waals surface area contributed by atoms with Crippen molar-refractivity contribution in [2.45, 2.75) is 26.4 Å². The number of nitrogens with zero attached hydrogens (tertiary/aromatic N) is 3. The van der Waals surface area contributed by atoms with E-state index < -0.39 is 0 Å². The third-order valence-electron chi connectivity index (χ3n) is 2.81. The smallest absolute Gasteiger partial charge is 0.146 e. The Bertz CT molecular complexity index is 586. The van der Waals surface area contributed by atoms with Crippen LogP contribution in [-0.4, -0.2) is 21.9 Å². The maximum absolute atomic E-state index is 5.30. The Labute approximate surface area is 135 Å². The lowest BCUT2D eigenvalue weighted by Gasteiger charge is -2.12. The van der Waals surface area contributed by atoms with Gasteiger partial charge in [-0.05, 0) is 44.3 Å². The van der Waals surface area contributed by atoms with E-state index in [1.165, 1.54) is 0 Å². The molecule has 0 atom stereocenters. The predicted molar refractivity (Wildman–Crippen MR) is 86.0 cm³/mol. The zero-order valence-electron chi connectivity index (χ0n) is 11.4. The normalized spacial score (nSPS) is 10.6. The molecule has 7 heteroatoms. The van der Waals surface area contributed by atoms with Gasteiger partial charge in [-0.2, -0.15) is 5.10 Å². The molecule has 1 aromatic carbocycles. The zero-order valence-corrected chi connectivity index (χ0v) is 14.5. The molecule has 5 nitrogen and oxygen atoms in total. The van der Waals surface area contributed by atoms with Crippen LogP contribution in [0.25, 0.3) is 0 Å². The van der Waals surface area contributed by atoms with Crippen LogP contribution in [0.2, 0.25) is 0 Å². The summed E-state index contributed by atoms with van der Waals surface area (Å²) in [5.74, 6) is 1.70. The molecule has 0 aliphatic rings. The second-order valence-corrected chi connectivity index (χ2v) is 5.93. The topological polar surface area (TPSA) is 52.0 Å². The van der Waals surface area contributed by atoms with E-state index in [9.17, 15) is 0 Å².